The molecule has 18 heavy (non-hydrogen) atoms. The van der Waals surface area contributed by atoms with E-state index in [1.54, 1.807) is 0 Å². The third-order valence-corrected chi connectivity index (χ3v) is 2.94. The van der Waals surface area contributed by atoms with E-state index in [-0.39, 0.29) is 10.8 Å². The number of nitro groups is 1. The molecule has 0 aliphatic heterocycles. The number of hydrogen-bond donors (Lipinski definition) is 1. The molecule has 1 aromatic carbocycles. The van der Waals surface area contributed by atoms with Crippen LogP contribution in [0.4, 0.5) is 19.6 Å². The number of thiazole rings is 1. The Morgan fingerprint density at radius 2 is 2.22 bits per heavy atom. The minimum atomic E-state index is -3.13. The molecule has 0 fully saturated rings. The number of alkyl halides is 2. The first kappa shape index (κ1) is 12.3. The number of anilines is 1. The minimum Gasteiger partial charge on any atom is -0.297 e. The van der Waals surface area contributed by atoms with Crippen LogP contribution in [0.3, 0.4) is 0 Å². The Balaban J connectivity index is 2.33. The molecule has 1 N–H and O–H groups in total. The lowest BCUT2D eigenvalue weighted by Crippen LogP contribution is -2.19. The fourth-order valence-electron chi connectivity index (χ4n) is 1.24. The van der Waals surface area contributed by atoms with Gasteiger partial charge in [-0.05, 0) is 6.07 Å². The molecule has 0 atom stereocenters. The summed E-state index contributed by atoms with van der Waals surface area (Å²) in [6, 6.07) is 3.91. The van der Waals surface area contributed by atoms with Crippen LogP contribution in [0.5, 0.6) is 0 Å². The Bertz CT molecular complexity index is 629. The Morgan fingerprint density at radius 1 is 1.50 bits per heavy atom. The van der Waals surface area contributed by atoms with Crippen molar-refractivity contribution in [1.82, 2.24) is 4.98 Å². The molecular formula is C9H5F2N3O3S. The van der Waals surface area contributed by atoms with Gasteiger partial charge in [0.1, 0.15) is 0 Å². The number of fused-ring (bicyclic) bond motifs is 1. The molecule has 94 valence electrons. The molecule has 1 aromatic heterocycles. The predicted octanol–water partition coefficient (Wildman–Crippen LogP) is 2.41. The van der Waals surface area contributed by atoms with Crippen LogP contribution in [0, 0.1) is 10.1 Å². The first-order valence-electron chi connectivity index (χ1n) is 4.61. The molecule has 0 radical (unpaired) electrons. The number of benzene rings is 1. The first-order valence-corrected chi connectivity index (χ1v) is 5.43. The van der Waals surface area contributed by atoms with Gasteiger partial charge >= 0.3 is 6.43 Å². The number of aromatic nitrogens is 1. The predicted molar refractivity (Wildman–Crippen MR) is 60.9 cm³/mol. The number of carbonyl (C=O) groups excluding carboxylic acids is 1. The molecule has 0 aliphatic rings. The largest absolute Gasteiger partial charge is 0.315 e. The number of nitrogens with zero attached hydrogens (tertiary/aromatic N) is 2. The molecule has 2 aromatic rings. The van der Waals surface area contributed by atoms with Gasteiger partial charge in [0.05, 0.1) is 15.1 Å². The van der Waals surface area contributed by atoms with Crippen molar-refractivity contribution in [3.05, 3.63) is 28.3 Å². The number of nitrogens with one attached hydrogen (secondary N) is 1. The van der Waals surface area contributed by atoms with E-state index in [0.29, 0.717) is 10.2 Å². The monoisotopic (exact) mass is 273 g/mol. The quantitative estimate of drug-likeness (QED) is 0.687. The molecule has 1 heterocycles. The van der Waals surface area contributed by atoms with Gasteiger partial charge in [-0.3, -0.25) is 20.2 Å². The molecule has 0 spiro atoms. The lowest BCUT2D eigenvalue weighted by atomic mass is 10.3. The Kier molecular flexibility index (Phi) is 3.15. The highest BCUT2D eigenvalue weighted by Crippen LogP contribution is 2.29. The molecule has 1 amide bonds. The van der Waals surface area contributed by atoms with Gasteiger partial charge in [0.2, 0.25) is 0 Å². The van der Waals surface area contributed by atoms with E-state index in [1.807, 2.05) is 5.32 Å². The smallest absolute Gasteiger partial charge is 0.297 e. The number of amides is 1. The first-order chi connectivity index (χ1) is 8.47. The van der Waals surface area contributed by atoms with E-state index >= 15 is 0 Å². The summed E-state index contributed by atoms with van der Waals surface area (Å²) >= 11 is 0.894. The van der Waals surface area contributed by atoms with Gasteiger partial charge in [-0.15, -0.1) is 0 Å². The van der Waals surface area contributed by atoms with Crippen LogP contribution in [0.15, 0.2) is 18.2 Å². The third-order valence-electron chi connectivity index (χ3n) is 2.01. The van der Waals surface area contributed by atoms with Crippen LogP contribution < -0.4 is 5.32 Å². The molecular weight excluding hydrogens is 268 g/mol. The summed E-state index contributed by atoms with van der Waals surface area (Å²) in [6.07, 6.45) is -3.13. The van der Waals surface area contributed by atoms with Crippen molar-refractivity contribution in [3.63, 3.8) is 0 Å². The standard InChI is InChI=1S/C9H5F2N3O3S/c10-7(11)8(15)13-9-12-5-2-1-4(14(16)17)3-6(5)18-9/h1-3,7H,(H,12,13,15). The summed E-state index contributed by atoms with van der Waals surface area (Å²) in [4.78, 5) is 24.6. The van der Waals surface area contributed by atoms with Crippen molar-refractivity contribution in [2.24, 2.45) is 0 Å². The van der Waals surface area contributed by atoms with Crippen molar-refractivity contribution in [2.75, 3.05) is 5.32 Å². The summed E-state index contributed by atoms with van der Waals surface area (Å²) in [6.45, 7) is 0. The van der Waals surface area contributed by atoms with Crippen LogP contribution in [0.2, 0.25) is 0 Å². The molecule has 9 heteroatoms. The molecule has 0 unspecified atom stereocenters. The maximum absolute atomic E-state index is 12.0. The maximum atomic E-state index is 12.0. The molecule has 0 aliphatic carbocycles. The number of non-ortho nitro benzene ring substituents is 1. The zero-order chi connectivity index (χ0) is 13.3. The van der Waals surface area contributed by atoms with E-state index in [9.17, 15) is 23.7 Å². The minimum absolute atomic E-state index is 0.0178. The summed E-state index contributed by atoms with van der Waals surface area (Å²) in [5, 5.41) is 12.4. The van der Waals surface area contributed by atoms with Crippen LogP contribution in [-0.4, -0.2) is 22.2 Å². The van der Waals surface area contributed by atoms with E-state index in [4.69, 9.17) is 0 Å². The van der Waals surface area contributed by atoms with Gasteiger partial charge in [-0.1, -0.05) is 11.3 Å². The molecule has 2 rings (SSSR count). The van der Waals surface area contributed by atoms with Crippen molar-refractivity contribution in [1.29, 1.82) is 0 Å². The van der Waals surface area contributed by atoms with Gasteiger partial charge in [-0.25, -0.2) is 4.98 Å². The lowest BCUT2D eigenvalue weighted by molar-refractivity contribution is -0.384. The number of nitro benzene ring substituents is 1. The van der Waals surface area contributed by atoms with E-state index < -0.39 is 17.3 Å². The highest BCUT2D eigenvalue weighted by molar-refractivity contribution is 7.22. The molecule has 6 nitrogen and oxygen atoms in total. The van der Waals surface area contributed by atoms with E-state index in [1.165, 1.54) is 18.2 Å². The van der Waals surface area contributed by atoms with Crippen LogP contribution in [0.25, 0.3) is 10.2 Å². The van der Waals surface area contributed by atoms with Crippen molar-refractivity contribution in [2.45, 2.75) is 6.43 Å². The van der Waals surface area contributed by atoms with Crippen LogP contribution in [-0.2, 0) is 4.79 Å². The fraction of sp³-hybridized carbons (Fsp3) is 0.111. The van der Waals surface area contributed by atoms with Gasteiger partial charge in [0.15, 0.2) is 5.13 Å². The zero-order valence-electron chi connectivity index (χ0n) is 8.59. The zero-order valence-corrected chi connectivity index (χ0v) is 9.41. The highest BCUT2D eigenvalue weighted by Gasteiger charge is 2.17. The lowest BCUT2D eigenvalue weighted by Gasteiger charge is -1.97. The second-order valence-corrected chi connectivity index (χ2v) is 4.25. The van der Waals surface area contributed by atoms with Gasteiger partial charge < -0.3 is 0 Å². The Hall–Kier alpha value is -2.16. The second kappa shape index (κ2) is 4.61. The van der Waals surface area contributed by atoms with Crippen LogP contribution >= 0.6 is 11.3 Å². The SMILES string of the molecule is O=C(Nc1nc2ccc([N+](=O)[O-])cc2s1)C(F)F. The fourth-order valence-corrected chi connectivity index (χ4v) is 2.14. The number of hydrogen-bond acceptors (Lipinski definition) is 5. The Labute approximate surface area is 102 Å². The van der Waals surface area contributed by atoms with Crippen molar-refractivity contribution in [3.8, 4) is 0 Å². The highest BCUT2D eigenvalue weighted by atomic mass is 32.1. The van der Waals surface area contributed by atoms with Gasteiger partial charge in [0, 0.05) is 12.1 Å². The average Bonchev–Trinajstić information content (AvgIpc) is 2.69. The summed E-state index contributed by atoms with van der Waals surface area (Å²) < 4.78 is 24.5. The van der Waals surface area contributed by atoms with Crippen molar-refractivity contribution < 1.29 is 18.5 Å². The normalized spacial score (nSPS) is 10.8. The maximum Gasteiger partial charge on any atom is 0.315 e. The summed E-state index contributed by atoms with van der Waals surface area (Å²) in [5.41, 5.74) is 0.271. The summed E-state index contributed by atoms with van der Waals surface area (Å²) in [5.74, 6) is -1.46. The van der Waals surface area contributed by atoms with Gasteiger partial charge in [0.25, 0.3) is 11.6 Å². The summed E-state index contributed by atoms with van der Waals surface area (Å²) in [7, 11) is 0. The topological polar surface area (TPSA) is 85.1 Å². The third kappa shape index (κ3) is 2.40. The molecule has 0 saturated heterocycles. The van der Waals surface area contributed by atoms with Crippen molar-refractivity contribution >= 4 is 38.3 Å². The molecule has 0 bridgehead atoms. The van der Waals surface area contributed by atoms with Gasteiger partial charge in [-0.2, -0.15) is 8.78 Å². The number of halogens is 2. The molecule has 0 saturated carbocycles. The number of carbonyl (C=O) groups is 1. The van der Waals surface area contributed by atoms with Crippen LogP contribution in [0.1, 0.15) is 0 Å². The second-order valence-electron chi connectivity index (χ2n) is 3.22. The van der Waals surface area contributed by atoms with E-state index in [2.05, 4.69) is 4.98 Å². The Morgan fingerprint density at radius 3 is 2.83 bits per heavy atom. The number of rotatable bonds is 3. The van der Waals surface area contributed by atoms with E-state index in [0.717, 1.165) is 11.3 Å². The average molecular weight is 273 g/mol.